The minimum absolute atomic E-state index is 0.0972. The van der Waals surface area contributed by atoms with Crippen molar-refractivity contribution in [2.24, 2.45) is 0 Å². The first-order valence-electron chi connectivity index (χ1n) is 9.40. The molecule has 0 bridgehead atoms. The van der Waals surface area contributed by atoms with Gasteiger partial charge < -0.3 is 0 Å². The van der Waals surface area contributed by atoms with Crippen LogP contribution < -0.4 is 0 Å². The average Bonchev–Trinajstić information content (AvgIpc) is 3.45. The molecule has 0 atom stereocenters. The predicted molar refractivity (Wildman–Crippen MR) is 109 cm³/mol. The second-order valence-electron chi connectivity index (χ2n) is 6.10. The van der Waals surface area contributed by atoms with Crippen molar-refractivity contribution in [3.05, 3.63) is 97.2 Å². The molecule has 0 saturated carbocycles. The molecule has 142 valence electrons. The van der Waals surface area contributed by atoms with Crippen LogP contribution in [0.25, 0.3) is 0 Å². The van der Waals surface area contributed by atoms with Crippen molar-refractivity contribution in [3.63, 3.8) is 0 Å². The van der Waals surface area contributed by atoms with E-state index in [2.05, 4.69) is 111 Å². The maximum atomic E-state index is 2.35. The van der Waals surface area contributed by atoms with Crippen LogP contribution in [-0.2, 0) is 27.8 Å². The van der Waals surface area contributed by atoms with Gasteiger partial charge in [0, 0.05) is 0 Å². The second kappa shape index (κ2) is 10.3. The van der Waals surface area contributed by atoms with Crippen LogP contribution in [0, 0.1) is 0 Å². The molecule has 0 aromatic rings. The molecule has 0 aromatic carbocycles. The molecule has 0 nitrogen and oxygen atoms in total. The summed E-state index contributed by atoms with van der Waals surface area (Å²) in [5, 5.41) is 2.66. The van der Waals surface area contributed by atoms with Gasteiger partial charge in [-0.05, 0) is 0 Å². The Morgan fingerprint density at radius 3 is 0.769 bits per heavy atom. The Hall–Kier alpha value is -1.04. The van der Waals surface area contributed by atoms with Crippen LogP contribution in [0.1, 0.15) is 13.8 Å². The van der Waals surface area contributed by atoms with Crippen LogP contribution >= 0.6 is 0 Å². The zero-order valence-electron chi connectivity index (χ0n) is 15.7. The van der Waals surface area contributed by atoms with Gasteiger partial charge in [0.05, 0.1) is 0 Å². The van der Waals surface area contributed by atoms with Gasteiger partial charge in [-0.15, -0.1) is 0 Å². The number of hydrogen-bond donors (Lipinski definition) is 0. The van der Waals surface area contributed by atoms with Crippen molar-refractivity contribution < 1.29 is 27.8 Å². The van der Waals surface area contributed by atoms with E-state index in [-0.39, 0.29) is 27.8 Å². The molecule has 0 aromatic heterocycles. The molecule has 0 spiro atoms. The molecule has 2 heteroatoms. The Kier molecular flexibility index (Phi) is 7.83. The van der Waals surface area contributed by atoms with E-state index in [1.54, 1.807) is 0 Å². The molecule has 0 heterocycles. The Morgan fingerprint density at radius 1 is 0.423 bits per heavy atom. The van der Waals surface area contributed by atoms with E-state index in [9.17, 15) is 0 Å². The summed E-state index contributed by atoms with van der Waals surface area (Å²) in [6.45, 7) is 4.64. The van der Waals surface area contributed by atoms with E-state index in [1.807, 2.05) is 0 Å². The number of hydrogen-bond acceptors (Lipinski definition) is 0. The summed E-state index contributed by atoms with van der Waals surface area (Å²) < 4.78 is 0. The zero-order chi connectivity index (χ0) is 18.2. The van der Waals surface area contributed by atoms with Gasteiger partial charge >= 0.3 is 169 Å². The van der Waals surface area contributed by atoms with Gasteiger partial charge in [0.15, 0.2) is 0 Å². The third-order valence-electron chi connectivity index (χ3n) is 4.55. The summed E-state index contributed by atoms with van der Waals surface area (Å²) >= 11 is -0.194. The number of allylic oxidation sites excluding steroid dienone is 16. The fourth-order valence-corrected chi connectivity index (χ4v) is 9.51. The summed E-state index contributed by atoms with van der Waals surface area (Å²) in [5.74, 6) is 0. The maximum absolute atomic E-state index is 2.35. The molecule has 26 heavy (non-hydrogen) atoms. The van der Waals surface area contributed by atoms with Gasteiger partial charge in [0.25, 0.3) is 0 Å². The monoisotopic (exact) mass is 430 g/mol. The first kappa shape index (κ1) is 19.7. The van der Waals surface area contributed by atoms with Crippen LogP contribution in [-0.4, -0.2) is 0 Å². The van der Waals surface area contributed by atoms with Crippen LogP contribution in [0.15, 0.2) is 97.2 Å². The van der Waals surface area contributed by atoms with Gasteiger partial charge in [-0.2, -0.15) is 0 Å². The molecule has 4 aliphatic carbocycles. The molecule has 0 unspecified atom stereocenters. The summed E-state index contributed by atoms with van der Waals surface area (Å²) in [7, 11) is 0. The minimum atomic E-state index is -0.0972. The van der Waals surface area contributed by atoms with Gasteiger partial charge in [-0.1, -0.05) is 0 Å². The van der Waals surface area contributed by atoms with Gasteiger partial charge in [-0.3, -0.25) is 0 Å². The Bertz CT molecular complexity index is 523. The van der Waals surface area contributed by atoms with Crippen molar-refractivity contribution in [3.8, 4) is 0 Å². The third kappa shape index (κ3) is 5.02. The second-order valence-corrected chi connectivity index (χ2v) is 13.2. The van der Waals surface area contributed by atoms with Crippen molar-refractivity contribution in [1.82, 2.24) is 0 Å². The van der Waals surface area contributed by atoms with Crippen molar-refractivity contribution in [2.75, 3.05) is 0 Å². The zero-order valence-corrected chi connectivity index (χ0v) is 17.9. The molecule has 0 amide bonds. The average molecular weight is 430 g/mol. The predicted octanol–water partition coefficient (Wildman–Crippen LogP) is 7.74. The third-order valence-corrected chi connectivity index (χ3v) is 11.8. The Labute approximate surface area is 168 Å². The van der Waals surface area contributed by atoms with E-state index < -0.39 is 0 Å². The molecule has 0 aliphatic heterocycles. The van der Waals surface area contributed by atoms with Crippen LogP contribution in [0.5, 0.6) is 0 Å². The normalized spacial score (nSPS) is 22.1. The summed E-state index contributed by atoms with van der Waals surface area (Å²) in [6.07, 6.45) is 36.3. The van der Waals surface area contributed by atoms with Crippen LogP contribution in [0.2, 0.25) is 29.9 Å². The molecule has 0 saturated heterocycles. The summed E-state index contributed by atoms with van der Waals surface area (Å²) in [4.78, 5) is 2.95. The van der Waals surface area contributed by atoms with Gasteiger partial charge in [-0.25, -0.2) is 0 Å². The molecule has 0 N–H and O–H groups in total. The molecule has 0 fully saturated rings. The molecular weight excluding hydrogens is 400 g/mol. The first-order valence-corrected chi connectivity index (χ1v) is 13.5. The molecule has 4 rings (SSSR count). The van der Waals surface area contributed by atoms with Crippen LogP contribution in [0.4, 0.5) is 0 Å². The Balaban J connectivity index is 0.000000151. The first-order chi connectivity index (χ1) is 12.8. The van der Waals surface area contributed by atoms with E-state index in [0.29, 0.717) is 0 Å². The fourth-order valence-electron chi connectivity index (χ4n) is 3.28. The summed E-state index contributed by atoms with van der Waals surface area (Å²) in [6, 6.07) is 0. The SMILES string of the molecule is C[CH2][Fe]([CH]1C=CC=C1)[CH]1C=CC=C1.C[CH2][Fe]([CH]1C=CC=C1)[CH]1C=CC=C1. The molecule has 4 aliphatic rings. The van der Waals surface area contributed by atoms with Crippen molar-refractivity contribution >= 4 is 0 Å². The van der Waals surface area contributed by atoms with E-state index >= 15 is 0 Å². The standard InChI is InChI=1S/4C5H5.2C2H5.2Fe/c4*1-2-4-5-3-1;2*1-2;;/h4*1-5H;2*1H2,2H3;;. The summed E-state index contributed by atoms with van der Waals surface area (Å²) in [5.41, 5.74) is 0. The van der Waals surface area contributed by atoms with E-state index in [0.717, 1.165) is 19.3 Å². The van der Waals surface area contributed by atoms with Gasteiger partial charge in [0.1, 0.15) is 0 Å². The van der Waals surface area contributed by atoms with E-state index in [1.165, 1.54) is 10.6 Å². The number of rotatable bonds is 6. The topological polar surface area (TPSA) is 0 Å². The van der Waals surface area contributed by atoms with E-state index in [4.69, 9.17) is 0 Å². The molecule has 0 radical (unpaired) electrons. The Morgan fingerprint density at radius 2 is 0.615 bits per heavy atom. The van der Waals surface area contributed by atoms with Crippen LogP contribution in [0.3, 0.4) is 0 Å². The van der Waals surface area contributed by atoms with Crippen molar-refractivity contribution in [2.45, 2.75) is 43.8 Å². The van der Waals surface area contributed by atoms with Crippen molar-refractivity contribution in [1.29, 1.82) is 0 Å². The molecular formula is C24H30Fe2. The van der Waals surface area contributed by atoms with Gasteiger partial charge in [0.2, 0.25) is 0 Å². The quantitative estimate of drug-likeness (QED) is 0.378. The fraction of sp³-hybridized carbons (Fsp3) is 0.333.